The minimum absolute atomic E-state index is 0.0212. The van der Waals surface area contributed by atoms with Crippen LogP contribution in [0.15, 0.2) is 0 Å². The second-order valence-electron chi connectivity index (χ2n) is 4.46. The Bertz CT molecular complexity index is 261. The molecule has 0 radical (unpaired) electrons. The lowest BCUT2D eigenvalue weighted by Gasteiger charge is -2.32. The van der Waals surface area contributed by atoms with Gasteiger partial charge in [0, 0.05) is 17.8 Å². The number of carbonyl (C=O) groups excluding carboxylic acids is 1. The van der Waals surface area contributed by atoms with Crippen molar-refractivity contribution in [2.75, 3.05) is 0 Å². The van der Waals surface area contributed by atoms with E-state index < -0.39 is 0 Å². The first kappa shape index (κ1) is 8.81. The van der Waals surface area contributed by atoms with Gasteiger partial charge in [0.2, 0.25) is 0 Å². The number of nitrogens with zero attached hydrogens (tertiary/aromatic N) is 1. The average molecular weight is 175 g/mol. The van der Waals surface area contributed by atoms with Crippen molar-refractivity contribution in [3.8, 4) is 5.97 Å². The van der Waals surface area contributed by atoms with Crippen LogP contribution < -0.4 is 0 Å². The second kappa shape index (κ2) is 3.18. The molecular formula is C10H14BNO. The predicted molar refractivity (Wildman–Crippen MR) is 51.5 cm³/mol. The van der Waals surface area contributed by atoms with Gasteiger partial charge in [-0.25, -0.2) is 5.26 Å². The monoisotopic (exact) mass is 175 g/mol. The van der Waals surface area contributed by atoms with Gasteiger partial charge in [0.25, 0.3) is 6.71 Å². The largest absolute Gasteiger partial charge is 0.299 e. The summed E-state index contributed by atoms with van der Waals surface area (Å²) in [6.07, 6.45) is 6.80. The molecule has 1 aliphatic heterocycles. The first-order valence-corrected chi connectivity index (χ1v) is 5.20. The fourth-order valence-corrected chi connectivity index (χ4v) is 2.82. The van der Waals surface area contributed by atoms with Crippen LogP contribution in [-0.4, -0.2) is 12.5 Å². The first-order chi connectivity index (χ1) is 6.27. The molecule has 1 spiro atoms. The Kier molecular flexibility index (Phi) is 2.15. The van der Waals surface area contributed by atoms with Crippen LogP contribution in [0.25, 0.3) is 0 Å². The highest BCUT2D eigenvalue weighted by molar-refractivity contribution is 6.67. The molecule has 2 fully saturated rings. The predicted octanol–water partition coefficient (Wildman–Crippen LogP) is 2.08. The summed E-state index contributed by atoms with van der Waals surface area (Å²) >= 11 is 0. The minimum atomic E-state index is 0.0212. The minimum Gasteiger partial charge on any atom is -0.299 e. The van der Waals surface area contributed by atoms with Gasteiger partial charge in [0.1, 0.15) is 5.78 Å². The summed E-state index contributed by atoms with van der Waals surface area (Å²) in [5.74, 6) is 2.79. The molecule has 1 heterocycles. The van der Waals surface area contributed by atoms with E-state index in [9.17, 15) is 4.79 Å². The Morgan fingerprint density at radius 1 is 1.31 bits per heavy atom. The normalized spacial score (nSPS) is 26.4. The van der Waals surface area contributed by atoms with Crippen LogP contribution >= 0.6 is 0 Å². The molecule has 0 unspecified atom stereocenters. The number of carbonyl (C=O) groups is 1. The molecule has 1 aliphatic carbocycles. The van der Waals surface area contributed by atoms with Crippen molar-refractivity contribution in [3.63, 3.8) is 0 Å². The van der Waals surface area contributed by atoms with Gasteiger partial charge in [-0.3, -0.25) is 4.79 Å². The number of nitriles is 1. The van der Waals surface area contributed by atoms with Gasteiger partial charge < -0.3 is 0 Å². The quantitative estimate of drug-likeness (QED) is 0.528. The molecule has 0 N–H and O–H groups in total. The topological polar surface area (TPSA) is 40.9 Å². The molecule has 0 aromatic heterocycles. The average Bonchev–Trinajstić information content (AvgIpc) is 2.50. The lowest BCUT2D eigenvalue weighted by molar-refractivity contribution is -0.126. The molecule has 2 aliphatic rings. The lowest BCUT2D eigenvalue weighted by Crippen LogP contribution is -2.33. The van der Waals surface area contributed by atoms with E-state index in [1.807, 2.05) is 0 Å². The summed E-state index contributed by atoms with van der Waals surface area (Å²) in [6.45, 7) is 0.221. The van der Waals surface area contributed by atoms with E-state index in [4.69, 9.17) is 5.26 Å². The zero-order valence-corrected chi connectivity index (χ0v) is 7.88. The van der Waals surface area contributed by atoms with E-state index in [0.29, 0.717) is 5.78 Å². The molecule has 2 rings (SSSR count). The third-order valence-corrected chi connectivity index (χ3v) is 3.78. The van der Waals surface area contributed by atoms with Crippen LogP contribution in [0, 0.1) is 16.6 Å². The molecule has 1 saturated heterocycles. The molecule has 1 saturated carbocycles. The van der Waals surface area contributed by atoms with Crippen molar-refractivity contribution < 1.29 is 4.79 Å². The summed E-state index contributed by atoms with van der Waals surface area (Å²) in [7, 11) is 0. The van der Waals surface area contributed by atoms with E-state index in [1.54, 1.807) is 0 Å². The third kappa shape index (κ3) is 1.39. The number of Topliss-reactive ketones (excluding diaryl/α,β-unsaturated/α-hetero) is 1. The fourth-order valence-electron chi connectivity index (χ4n) is 2.82. The highest BCUT2D eigenvalue weighted by Crippen LogP contribution is 2.46. The van der Waals surface area contributed by atoms with Crippen LogP contribution in [0.2, 0.25) is 12.6 Å². The summed E-state index contributed by atoms with van der Waals surface area (Å²) < 4.78 is 0. The molecule has 0 bridgehead atoms. The Balaban J connectivity index is 2.04. The molecule has 3 heteroatoms. The first-order valence-electron chi connectivity index (χ1n) is 5.20. The van der Waals surface area contributed by atoms with Crippen molar-refractivity contribution in [3.05, 3.63) is 0 Å². The second-order valence-corrected chi connectivity index (χ2v) is 4.46. The van der Waals surface area contributed by atoms with Gasteiger partial charge in [0.05, 0.1) is 0 Å². The maximum Gasteiger partial charge on any atom is 0.267 e. The standard InChI is InChI=1S/C10H14BNO/c12-8-11-6-4-10(5-7-11)3-1-2-9(10)13/h1-7H2. The van der Waals surface area contributed by atoms with Crippen molar-refractivity contribution in [1.82, 2.24) is 0 Å². The molecule has 13 heavy (non-hydrogen) atoms. The van der Waals surface area contributed by atoms with Crippen LogP contribution in [0.1, 0.15) is 32.1 Å². The van der Waals surface area contributed by atoms with Gasteiger partial charge in [-0.05, 0) is 25.7 Å². The fraction of sp³-hybridized carbons (Fsp3) is 0.800. The molecule has 2 nitrogen and oxygen atoms in total. The van der Waals surface area contributed by atoms with Gasteiger partial charge >= 0.3 is 0 Å². The Morgan fingerprint density at radius 2 is 2.00 bits per heavy atom. The van der Waals surface area contributed by atoms with E-state index in [-0.39, 0.29) is 12.1 Å². The van der Waals surface area contributed by atoms with Gasteiger partial charge in [-0.2, -0.15) is 0 Å². The summed E-state index contributed by atoms with van der Waals surface area (Å²) in [4.78, 5) is 11.7. The van der Waals surface area contributed by atoms with Crippen molar-refractivity contribution in [1.29, 1.82) is 5.26 Å². The van der Waals surface area contributed by atoms with Crippen LogP contribution in [-0.2, 0) is 4.79 Å². The SMILES string of the molecule is N#CB1CCC2(CCCC2=O)CC1. The maximum atomic E-state index is 11.7. The molecular weight excluding hydrogens is 161 g/mol. The molecule has 0 aromatic rings. The number of hydrogen-bond acceptors (Lipinski definition) is 2. The smallest absolute Gasteiger partial charge is 0.267 e. The van der Waals surface area contributed by atoms with E-state index in [2.05, 4.69) is 5.97 Å². The van der Waals surface area contributed by atoms with Crippen molar-refractivity contribution >= 4 is 12.5 Å². The molecule has 0 aromatic carbocycles. The third-order valence-electron chi connectivity index (χ3n) is 3.78. The van der Waals surface area contributed by atoms with Crippen LogP contribution in [0.5, 0.6) is 0 Å². The highest BCUT2D eigenvalue weighted by atomic mass is 16.1. The Labute approximate surface area is 79.4 Å². The summed E-state index contributed by atoms with van der Waals surface area (Å²) in [5, 5.41) is 8.75. The van der Waals surface area contributed by atoms with E-state index in [1.165, 1.54) is 0 Å². The number of ketones is 1. The summed E-state index contributed by atoms with van der Waals surface area (Å²) in [5.41, 5.74) is 0.0212. The zero-order valence-electron chi connectivity index (χ0n) is 7.88. The Morgan fingerprint density at radius 3 is 2.46 bits per heavy atom. The van der Waals surface area contributed by atoms with Gasteiger partial charge in [0.15, 0.2) is 0 Å². The summed E-state index contributed by atoms with van der Waals surface area (Å²) in [6, 6.07) is 0. The molecule has 68 valence electrons. The van der Waals surface area contributed by atoms with Gasteiger partial charge in [-0.1, -0.05) is 12.6 Å². The van der Waals surface area contributed by atoms with E-state index >= 15 is 0 Å². The molecule has 0 atom stereocenters. The number of hydrogen-bond donors (Lipinski definition) is 0. The number of rotatable bonds is 0. The van der Waals surface area contributed by atoms with Crippen molar-refractivity contribution in [2.24, 2.45) is 5.41 Å². The lowest BCUT2D eigenvalue weighted by atomic mass is 9.39. The van der Waals surface area contributed by atoms with Gasteiger partial charge in [-0.15, -0.1) is 0 Å². The zero-order chi connectivity index (χ0) is 9.31. The maximum absolute atomic E-state index is 11.7. The van der Waals surface area contributed by atoms with Crippen molar-refractivity contribution in [2.45, 2.75) is 44.7 Å². The molecule has 0 amide bonds. The van der Waals surface area contributed by atoms with Crippen LogP contribution in [0.3, 0.4) is 0 Å². The highest BCUT2D eigenvalue weighted by Gasteiger charge is 2.44. The van der Waals surface area contributed by atoms with E-state index in [0.717, 1.165) is 44.7 Å². The Hall–Kier alpha value is -0.775. The van der Waals surface area contributed by atoms with Crippen LogP contribution in [0.4, 0.5) is 0 Å².